The lowest BCUT2D eigenvalue weighted by molar-refractivity contribution is -0.137. The van der Waals surface area contributed by atoms with Gasteiger partial charge < -0.3 is 5.73 Å². The molecule has 0 radical (unpaired) electrons. The van der Waals surface area contributed by atoms with Crippen molar-refractivity contribution in [2.75, 3.05) is 5.73 Å². The van der Waals surface area contributed by atoms with E-state index in [-0.39, 0.29) is 16.1 Å². The van der Waals surface area contributed by atoms with Gasteiger partial charge in [0.15, 0.2) is 0 Å². The number of hydrogen-bond donors (Lipinski definition) is 2. The third-order valence-corrected chi connectivity index (χ3v) is 4.03. The van der Waals surface area contributed by atoms with E-state index in [1.54, 1.807) is 0 Å². The molecule has 1 rings (SSSR count). The van der Waals surface area contributed by atoms with Gasteiger partial charge in [-0.3, -0.25) is 0 Å². The lowest BCUT2D eigenvalue weighted by atomic mass is 10.2. The summed E-state index contributed by atoms with van der Waals surface area (Å²) in [5.41, 5.74) is 4.92. The molecular formula is C11H14F4N2O2S. The number of aryl methyl sites for hydroxylation is 1. The number of sulfonamides is 1. The first-order chi connectivity index (χ1) is 8.92. The van der Waals surface area contributed by atoms with Crippen LogP contribution in [0.25, 0.3) is 0 Å². The number of nitrogens with one attached hydrogen (secondary N) is 1. The highest BCUT2D eigenvalue weighted by Gasteiger charge is 2.32. The minimum Gasteiger partial charge on any atom is -0.396 e. The molecule has 20 heavy (non-hydrogen) atoms. The maximum Gasteiger partial charge on any atom is 0.390 e. The second-order valence-electron chi connectivity index (χ2n) is 4.49. The third kappa shape index (κ3) is 4.34. The zero-order valence-electron chi connectivity index (χ0n) is 10.8. The molecule has 114 valence electrons. The molecule has 4 nitrogen and oxygen atoms in total. The molecule has 0 fully saturated rings. The molecule has 0 spiro atoms. The van der Waals surface area contributed by atoms with Gasteiger partial charge in [-0.1, -0.05) is 0 Å². The quantitative estimate of drug-likeness (QED) is 0.662. The van der Waals surface area contributed by atoms with Crippen LogP contribution in [0.3, 0.4) is 0 Å². The molecule has 0 amide bonds. The molecular weight excluding hydrogens is 300 g/mol. The maximum atomic E-state index is 13.3. The zero-order valence-corrected chi connectivity index (χ0v) is 11.6. The molecule has 1 aromatic rings. The van der Waals surface area contributed by atoms with E-state index in [4.69, 9.17) is 5.73 Å². The second-order valence-corrected chi connectivity index (χ2v) is 6.20. The largest absolute Gasteiger partial charge is 0.396 e. The zero-order chi connectivity index (χ0) is 15.7. The van der Waals surface area contributed by atoms with Gasteiger partial charge >= 0.3 is 6.18 Å². The number of rotatable bonds is 4. The van der Waals surface area contributed by atoms with Crippen molar-refractivity contribution in [2.24, 2.45) is 0 Å². The van der Waals surface area contributed by atoms with Gasteiger partial charge in [-0.05, 0) is 31.5 Å². The van der Waals surface area contributed by atoms with Crippen molar-refractivity contribution in [3.05, 3.63) is 23.5 Å². The van der Waals surface area contributed by atoms with E-state index >= 15 is 0 Å². The fourth-order valence-corrected chi connectivity index (χ4v) is 3.00. The van der Waals surface area contributed by atoms with E-state index in [2.05, 4.69) is 0 Å². The number of anilines is 1. The van der Waals surface area contributed by atoms with E-state index in [0.717, 1.165) is 19.1 Å². The molecule has 0 heterocycles. The molecule has 0 saturated carbocycles. The summed E-state index contributed by atoms with van der Waals surface area (Å²) < 4.78 is 75.4. The minimum atomic E-state index is -4.49. The van der Waals surface area contributed by atoms with Gasteiger partial charge in [0.05, 0.1) is 17.0 Å². The summed E-state index contributed by atoms with van der Waals surface area (Å²) in [6.45, 7) is 2.40. The van der Waals surface area contributed by atoms with Crippen LogP contribution in [0.5, 0.6) is 0 Å². The van der Waals surface area contributed by atoms with Gasteiger partial charge in [0.2, 0.25) is 10.0 Å². The Hall–Kier alpha value is -1.35. The van der Waals surface area contributed by atoms with E-state index in [9.17, 15) is 26.0 Å². The Morgan fingerprint density at radius 1 is 1.35 bits per heavy atom. The van der Waals surface area contributed by atoms with Crippen molar-refractivity contribution in [3.8, 4) is 0 Å². The first-order valence-corrected chi connectivity index (χ1v) is 7.05. The summed E-state index contributed by atoms with van der Waals surface area (Å²) in [6, 6.07) is 0.533. The monoisotopic (exact) mass is 314 g/mol. The third-order valence-electron chi connectivity index (χ3n) is 2.46. The van der Waals surface area contributed by atoms with Gasteiger partial charge in [-0.15, -0.1) is 0 Å². The molecule has 0 aliphatic heterocycles. The van der Waals surface area contributed by atoms with Crippen molar-refractivity contribution < 1.29 is 26.0 Å². The number of hydrogen-bond acceptors (Lipinski definition) is 3. The minimum absolute atomic E-state index is 0.00569. The molecule has 0 aromatic heterocycles. The Morgan fingerprint density at radius 3 is 2.35 bits per heavy atom. The van der Waals surface area contributed by atoms with E-state index in [1.807, 2.05) is 4.72 Å². The fourth-order valence-electron chi connectivity index (χ4n) is 1.64. The average Bonchev–Trinajstić information content (AvgIpc) is 2.21. The normalized spacial score (nSPS) is 14.3. The highest BCUT2D eigenvalue weighted by molar-refractivity contribution is 7.89. The predicted octanol–water partition coefficient (Wildman–Crippen LogP) is 2.34. The van der Waals surface area contributed by atoms with Crippen LogP contribution in [-0.2, 0) is 10.0 Å². The summed E-state index contributed by atoms with van der Waals surface area (Å²) in [5.74, 6) is -0.757. The standard InChI is InChI=1S/C11H14F4N2O2S/c1-6-3-8(4-9(16)10(6)12)20(18,19)17-7(2)5-11(13,14)15/h3-4,7,17H,5,16H2,1-2H3. The highest BCUT2D eigenvalue weighted by atomic mass is 32.2. The Morgan fingerprint density at radius 2 is 1.90 bits per heavy atom. The number of benzene rings is 1. The molecule has 0 saturated heterocycles. The van der Waals surface area contributed by atoms with Crippen LogP contribution < -0.4 is 10.5 Å². The average molecular weight is 314 g/mol. The molecule has 0 bridgehead atoms. The maximum absolute atomic E-state index is 13.3. The van der Waals surface area contributed by atoms with Crippen LogP contribution in [0.4, 0.5) is 23.2 Å². The first-order valence-electron chi connectivity index (χ1n) is 5.57. The van der Waals surface area contributed by atoms with Crippen LogP contribution in [-0.4, -0.2) is 20.6 Å². The lowest BCUT2D eigenvalue weighted by Gasteiger charge is -2.16. The van der Waals surface area contributed by atoms with Gasteiger partial charge in [-0.25, -0.2) is 17.5 Å². The van der Waals surface area contributed by atoms with Crippen LogP contribution in [0.1, 0.15) is 18.9 Å². The van der Waals surface area contributed by atoms with Crippen LogP contribution in [0.2, 0.25) is 0 Å². The number of alkyl halides is 3. The van der Waals surface area contributed by atoms with Crippen LogP contribution in [0.15, 0.2) is 17.0 Å². The number of nitrogen functional groups attached to an aromatic ring is 1. The van der Waals surface area contributed by atoms with E-state index in [1.165, 1.54) is 6.92 Å². The van der Waals surface area contributed by atoms with Gasteiger partial charge in [0.1, 0.15) is 5.82 Å². The molecule has 0 aliphatic rings. The van der Waals surface area contributed by atoms with Crippen LogP contribution >= 0.6 is 0 Å². The summed E-state index contributed by atoms with van der Waals surface area (Å²) in [4.78, 5) is -0.372. The molecule has 1 aromatic carbocycles. The molecule has 9 heteroatoms. The lowest BCUT2D eigenvalue weighted by Crippen LogP contribution is -2.36. The molecule has 3 N–H and O–H groups in total. The van der Waals surface area contributed by atoms with Crippen molar-refractivity contribution in [2.45, 2.75) is 37.4 Å². The molecule has 1 unspecified atom stereocenters. The Labute approximate surface area is 114 Å². The van der Waals surface area contributed by atoms with Crippen molar-refractivity contribution in [3.63, 3.8) is 0 Å². The summed E-state index contributed by atoms with van der Waals surface area (Å²) in [7, 11) is -4.19. The van der Waals surface area contributed by atoms with Gasteiger partial charge in [0, 0.05) is 6.04 Å². The first kappa shape index (κ1) is 16.7. The summed E-state index contributed by atoms with van der Waals surface area (Å²) in [5, 5.41) is 0. The highest BCUT2D eigenvalue weighted by Crippen LogP contribution is 2.24. The van der Waals surface area contributed by atoms with Crippen molar-refractivity contribution in [1.29, 1.82) is 0 Å². The topological polar surface area (TPSA) is 72.2 Å². The number of halogens is 4. The smallest absolute Gasteiger partial charge is 0.390 e. The second kappa shape index (κ2) is 5.57. The Kier molecular flexibility index (Phi) is 4.65. The van der Waals surface area contributed by atoms with Crippen molar-refractivity contribution >= 4 is 15.7 Å². The summed E-state index contributed by atoms with van der Waals surface area (Å²) in [6.07, 6.45) is -5.79. The number of nitrogens with two attached hydrogens (primary N) is 1. The SMILES string of the molecule is Cc1cc(S(=O)(=O)NC(C)CC(F)(F)F)cc(N)c1F. The predicted molar refractivity (Wildman–Crippen MR) is 66.0 cm³/mol. The van der Waals surface area contributed by atoms with E-state index in [0.29, 0.717) is 0 Å². The van der Waals surface area contributed by atoms with Crippen LogP contribution in [0, 0.1) is 12.7 Å². The summed E-state index contributed by atoms with van der Waals surface area (Å²) >= 11 is 0. The molecule has 0 aliphatic carbocycles. The Balaban J connectivity index is 3.00. The van der Waals surface area contributed by atoms with Gasteiger partial charge in [-0.2, -0.15) is 13.2 Å². The van der Waals surface area contributed by atoms with Gasteiger partial charge in [0.25, 0.3) is 0 Å². The van der Waals surface area contributed by atoms with E-state index < -0.39 is 34.5 Å². The fraction of sp³-hybridized carbons (Fsp3) is 0.455. The van der Waals surface area contributed by atoms with Crippen molar-refractivity contribution in [1.82, 2.24) is 4.72 Å². The molecule has 1 atom stereocenters. The Bertz CT molecular complexity index is 576.